The van der Waals surface area contributed by atoms with Crippen molar-refractivity contribution >= 4 is 5.91 Å². The zero-order valence-corrected chi connectivity index (χ0v) is 11.0. The molecule has 0 aliphatic carbocycles. The molecule has 2 N–H and O–H groups in total. The van der Waals surface area contributed by atoms with Gasteiger partial charge in [0.1, 0.15) is 0 Å². The van der Waals surface area contributed by atoms with Crippen molar-refractivity contribution in [2.24, 2.45) is 0 Å². The Labute approximate surface area is 104 Å². The number of carbonyl (C=O) groups excluding carboxylic acids is 1. The Morgan fingerprint density at radius 2 is 2.12 bits per heavy atom. The number of unbranched alkanes of at least 4 members (excludes halogenated alkanes) is 1. The number of hydrogen-bond donors (Lipinski definition) is 2. The summed E-state index contributed by atoms with van der Waals surface area (Å²) < 4.78 is 4.96. The van der Waals surface area contributed by atoms with Crippen LogP contribution in [0.15, 0.2) is 0 Å². The van der Waals surface area contributed by atoms with Crippen molar-refractivity contribution in [2.75, 3.05) is 46.4 Å². The molecule has 5 heteroatoms. The predicted molar refractivity (Wildman–Crippen MR) is 68.0 cm³/mol. The summed E-state index contributed by atoms with van der Waals surface area (Å²) in [4.78, 5) is 14.1. The quantitative estimate of drug-likeness (QED) is 0.609. The van der Waals surface area contributed by atoms with Gasteiger partial charge in [-0.05, 0) is 19.8 Å². The largest absolute Gasteiger partial charge is 0.385 e. The summed E-state index contributed by atoms with van der Waals surface area (Å²) in [5, 5.41) is 6.27. The minimum Gasteiger partial charge on any atom is -0.385 e. The van der Waals surface area contributed by atoms with Crippen LogP contribution in [0.5, 0.6) is 0 Å². The molecule has 17 heavy (non-hydrogen) atoms. The van der Waals surface area contributed by atoms with Gasteiger partial charge in [0.15, 0.2) is 0 Å². The lowest BCUT2D eigenvalue weighted by atomic mass is 10.2. The molecule has 1 amide bonds. The van der Waals surface area contributed by atoms with E-state index < -0.39 is 0 Å². The van der Waals surface area contributed by atoms with Crippen LogP contribution in [0.2, 0.25) is 0 Å². The molecule has 0 spiro atoms. The summed E-state index contributed by atoms with van der Waals surface area (Å²) in [6, 6.07) is -0.0143. The highest BCUT2D eigenvalue weighted by Crippen LogP contribution is 2.01. The maximum Gasteiger partial charge on any atom is 0.237 e. The van der Waals surface area contributed by atoms with Gasteiger partial charge in [0.2, 0.25) is 5.91 Å². The molecular formula is C12H25N3O2. The average molecular weight is 243 g/mol. The van der Waals surface area contributed by atoms with Gasteiger partial charge in [-0.1, -0.05) is 0 Å². The number of hydrogen-bond acceptors (Lipinski definition) is 4. The van der Waals surface area contributed by atoms with E-state index in [0.29, 0.717) is 0 Å². The Hall–Kier alpha value is -0.650. The van der Waals surface area contributed by atoms with E-state index in [2.05, 4.69) is 15.5 Å². The fourth-order valence-corrected chi connectivity index (χ4v) is 1.97. The van der Waals surface area contributed by atoms with E-state index in [0.717, 1.165) is 52.2 Å². The molecule has 1 aliphatic heterocycles. The number of nitrogens with zero attached hydrogens (tertiary/aromatic N) is 1. The van der Waals surface area contributed by atoms with Crippen molar-refractivity contribution in [2.45, 2.75) is 25.8 Å². The van der Waals surface area contributed by atoms with E-state index in [1.165, 1.54) is 0 Å². The third-order valence-electron chi connectivity index (χ3n) is 3.15. The van der Waals surface area contributed by atoms with Gasteiger partial charge < -0.3 is 15.4 Å². The van der Waals surface area contributed by atoms with Crippen molar-refractivity contribution in [3.05, 3.63) is 0 Å². The van der Waals surface area contributed by atoms with Gasteiger partial charge >= 0.3 is 0 Å². The first-order valence-corrected chi connectivity index (χ1v) is 6.47. The maximum absolute atomic E-state index is 11.9. The van der Waals surface area contributed by atoms with E-state index in [4.69, 9.17) is 4.74 Å². The molecule has 0 aromatic rings. The van der Waals surface area contributed by atoms with Crippen LogP contribution in [0.4, 0.5) is 0 Å². The second kappa shape index (κ2) is 8.44. The van der Waals surface area contributed by atoms with Gasteiger partial charge in [-0.25, -0.2) is 0 Å². The van der Waals surface area contributed by atoms with Crippen molar-refractivity contribution in [1.29, 1.82) is 0 Å². The van der Waals surface area contributed by atoms with Crippen LogP contribution in [-0.2, 0) is 9.53 Å². The third-order valence-corrected chi connectivity index (χ3v) is 3.15. The van der Waals surface area contributed by atoms with Gasteiger partial charge in [0.25, 0.3) is 0 Å². The number of carbonyl (C=O) groups is 1. The minimum absolute atomic E-state index is 0.0143. The highest BCUT2D eigenvalue weighted by molar-refractivity contribution is 5.81. The van der Waals surface area contributed by atoms with Crippen LogP contribution < -0.4 is 10.6 Å². The number of amides is 1. The third kappa shape index (κ3) is 5.48. The first-order valence-electron chi connectivity index (χ1n) is 6.47. The van der Waals surface area contributed by atoms with Gasteiger partial charge in [-0.3, -0.25) is 9.69 Å². The van der Waals surface area contributed by atoms with E-state index in [-0.39, 0.29) is 11.9 Å². The van der Waals surface area contributed by atoms with Gasteiger partial charge in [-0.15, -0.1) is 0 Å². The predicted octanol–water partition coefficient (Wildman–Crippen LogP) is -0.177. The molecule has 0 aromatic carbocycles. The summed E-state index contributed by atoms with van der Waals surface area (Å²) in [6.45, 7) is 7.37. The Morgan fingerprint density at radius 3 is 2.76 bits per heavy atom. The van der Waals surface area contributed by atoms with E-state index in [1.54, 1.807) is 7.11 Å². The molecule has 1 aliphatic rings. The molecule has 1 saturated heterocycles. The van der Waals surface area contributed by atoms with Crippen molar-refractivity contribution in [1.82, 2.24) is 15.5 Å². The molecule has 0 bridgehead atoms. The smallest absolute Gasteiger partial charge is 0.237 e. The molecule has 0 radical (unpaired) electrons. The summed E-state index contributed by atoms with van der Waals surface area (Å²) in [7, 11) is 1.70. The molecular weight excluding hydrogens is 218 g/mol. The Balaban J connectivity index is 2.13. The standard InChI is InChI=1S/C12H25N3O2/c1-11(15-8-6-13-7-9-15)12(16)14-5-3-4-10-17-2/h11,13H,3-10H2,1-2H3,(H,14,16). The highest BCUT2D eigenvalue weighted by Gasteiger charge is 2.21. The Morgan fingerprint density at radius 1 is 1.41 bits per heavy atom. The zero-order chi connectivity index (χ0) is 12.5. The lowest BCUT2D eigenvalue weighted by Gasteiger charge is -2.31. The second-order valence-electron chi connectivity index (χ2n) is 4.45. The number of ether oxygens (including phenoxy) is 1. The topological polar surface area (TPSA) is 53.6 Å². The van der Waals surface area contributed by atoms with Gasteiger partial charge in [0, 0.05) is 46.4 Å². The number of rotatable bonds is 7. The lowest BCUT2D eigenvalue weighted by Crippen LogP contribution is -2.52. The molecule has 1 rings (SSSR count). The van der Waals surface area contributed by atoms with Gasteiger partial charge in [0.05, 0.1) is 6.04 Å². The van der Waals surface area contributed by atoms with Crippen molar-refractivity contribution in [3.8, 4) is 0 Å². The summed E-state index contributed by atoms with van der Waals surface area (Å²) >= 11 is 0. The van der Waals surface area contributed by atoms with Crippen molar-refractivity contribution in [3.63, 3.8) is 0 Å². The van der Waals surface area contributed by atoms with Crippen LogP contribution in [0, 0.1) is 0 Å². The normalized spacial score (nSPS) is 18.9. The summed E-state index contributed by atoms with van der Waals surface area (Å²) in [5.74, 6) is 0.143. The van der Waals surface area contributed by atoms with E-state index in [1.807, 2.05) is 6.92 Å². The summed E-state index contributed by atoms with van der Waals surface area (Å²) in [6.07, 6.45) is 1.98. The molecule has 100 valence electrons. The zero-order valence-electron chi connectivity index (χ0n) is 11.0. The Bertz CT molecular complexity index is 218. The molecule has 0 aromatic heterocycles. The molecule has 5 nitrogen and oxygen atoms in total. The van der Waals surface area contributed by atoms with Crippen LogP contribution in [-0.4, -0.2) is 63.3 Å². The highest BCUT2D eigenvalue weighted by atomic mass is 16.5. The number of methoxy groups -OCH3 is 1. The Kier molecular flexibility index (Phi) is 7.16. The molecule has 0 saturated carbocycles. The lowest BCUT2D eigenvalue weighted by molar-refractivity contribution is -0.126. The molecule has 1 fully saturated rings. The molecule has 1 unspecified atom stereocenters. The fraction of sp³-hybridized carbons (Fsp3) is 0.917. The minimum atomic E-state index is -0.0143. The summed E-state index contributed by atoms with van der Waals surface area (Å²) in [5.41, 5.74) is 0. The van der Waals surface area contributed by atoms with Crippen LogP contribution in [0.25, 0.3) is 0 Å². The molecule has 1 heterocycles. The average Bonchev–Trinajstić information content (AvgIpc) is 2.38. The van der Waals surface area contributed by atoms with Crippen LogP contribution >= 0.6 is 0 Å². The van der Waals surface area contributed by atoms with E-state index >= 15 is 0 Å². The van der Waals surface area contributed by atoms with Gasteiger partial charge in [-0.2, -0.15) is 0 Å². The first kappa shape index (κ1) is 14.4. The number of piperazine rings is 1. The monoisotopic (exact) mass is 243 g/mol. The maximum atomic E-state index is 11.9. The van der Waals surface area contributed by atoms with Crippen molar-refractivity contribution < 1.29 is 9.53 Å². The van der Waals surface area contributed by atoms with E-state index in [9.17, 15) is 4.79 Å². The van der Waals surface area contributed by atoms with Crippen LogP contribution in [0.3, 0.4) is 0 Å². The molecule has 1 atom stereocenters. The fourth-order valence-electron chi connectivity index (χ4n) is 1.97. The van der Waals surface area contributed by atoms with Crippen LogP contribution in [0.1, 0.15) is 19.8 Å². The first-order chi connectivity index (χ1) is 8.25. The second-order valence-corrected chi connectivity index (χ2v) is 4.45. The SMILES string of the molecule is COCCCCNC(=O)C(C)N1CCNCC1. The number of nitrogens with one attached hydrogen (secondary N) is 2.